The molecule has 0 fully saturated rings. The van der Waals surface area contributed by atoms with Gasteiger partial charge in [-0.05, 0) is 25.5 Å². The zero-order valence-corrected chi connectivity index (χ0v) is 13.5. The molecular formula is C15H16BrFN2O2. The first-order chi connectivity index (χ1) is 10.1. The van der Waals surface area contributed by atoms with Crippen LogP contribution >= 0.6 is 15.9 Å². The van der Waals surface area contributed by atoms with Crippen LogP contribution in [-0.2, 0) is 4.74 Å². The number of ether oxygens (including phenoxy) is 1. The number of carbonyl (C=O) groups excluding carboxylic acids is 1. The van der Waals surface area contributed by atoms with Gasteiger partial charge < -0.3 is 10.1 Å². The highest BCUT2D eigenvalue weighted by Crippen LogP contribution is 2.34. The Morgan fingerprint density at radius 3 is 2.86 bits per heavy atom. The predicted octanol–water partition coefficient (Wildman–Crippen LogP) is 4.14. The highest BCUT2D eigenvalue weighted by atomic mass is 79.9. The molecule has 4 nitrogen and oxygen atoms in total. The van der Waals surface area contributed by atoms with E-state index in [-0.39, 0.29) is 12.1 Å². The van der Waals surface area contributed by atoms with Crippen LogP contribution in [-0.4, -0.2) is 24.1 Å². The molecule has 0 unspecified atom stereocenters. The number of fused-ring (bicyclic) bond motifs is 1. The summed E-state index contributed by atoms with van der Waals surface area (Å²) in [4.78, 5) is 16.1. The minimum Gasteiger partial charge on any atom is -0.462 e. The molecule has 6 heteroatoms. The number of anilines is 1. The van der Waals surface area contributed by atoms with Gasteiger partial charge in [-0.1, -0.05) is 22.9 Å². The lowest BCUT2D eigenvalue weighted by atomic mass is 10.1. The molecule has 1 N–H and O–H groups in total. The van der Waals surface area contributed by atoms with E-state index >= 15 is 0 Å². The van der Waals surface area contributed by atoms with Gasteiger partial charge in [-0.25, -0.2) is 9.18 Å². The summed E-state index contributed by atoms with van der Waals surface area (Å²) in [5.41, 5.74) is 1.08. The summed E-state index contributed by atoms with van der Waals surface area (Å²) in [7, 11) is 0. The third kappa shape index (κ3) is 3.15. The Morgan fingerprint density at radius 2 is 2.19 bits per heavy atom. The third-order valence-electron chi connectivity index (χ3n) is 2.97. The highest BCUT2D eigenvalue weighted by molar-refractivity contribution is 9.10. The van der Waals surface area contributed by atoms with E-state index < -0.39 is 11.8 Å². The zero-order chi connectivity index (χ0) is 15.4. The minimum atomic E-state index is -0.471. The van der Waals surface area contributed by atoms with E-state index in [0.29, 0.717) is 27.7 Å². The minimum absolute atomic E-state index is 0.219. The number of hydrogen-bond acceptors (Lipinski definition) is 4. The molecule has 1 aromatic carbocycles. The van der Waals surface area contributed by atoms with Crippen molar-refractivity contribution in [3.05, 3.63) is 34.2 Å². The van der Waals surface area contributed by atoms with Gasteiger partial charge in [0.15, 0.2) is 0 Å². The normalized spacial score (nSPS) is 10.7. The Morgan fingerprint density at radius 1 is 1.43 bits per heavy atom. The average molecular weight is 355 g/mol. The van der Waals surface area contributed by atoms with Crippen LogP contribution in [0, 0.1) is 5.82 Å². The fourth-order valence-corrected chi connectivity index (χ4v) is 2.55. The van der Waals surface area contributed by atoms with Crippen LogP contribution in [0.25, 0.3) is 10.9 Å². The van der Waals surface area contributed by atoms with E-state index in [9.17, 15) is 9.18 Å². The van der Waals surface area contributed by atoms with Crippen molar-refractivity contribution < 1.29 is 13.9 Å². The number of esters is 1. The summed E-state index contributed by atoms with van der Waals surface area (Å²) in [6.07, 6.45) is 2.23. The number of hydrogen-bond donors (Lipinski definition) is 1. The van der Waals surface area contributed by atoms with Crippen molar-refractivity contribution in [2.45, 2.75) is 20.3 Å². The molecule has 0 saturated carbocycles. The molecule has 0 aliphatic heterocycles. The van der Waals surface area contributed by atoms with Gasteiger partial charge in [-0.2, -0.15) is 0 Å². The fraction of sp³-hybridized carbons (Fsp3) is 0.333. The van der Waals surface area contributed by atoms with Crippen molar-refractivity contribution in [3.63, 3.8) is 0 Å². The van der Waals surface area contributed by atoms with Crippen LogP contribution in [0.4, 0.5) is 10.1 Å². The molecule has 21 heavy (non-hydrogen) atoms. The lowest BCUT2D eigenvalue weighted by molar-refractivity contribution is 0.0527. The van der Waals surface area contributed by atoms with Crippen molar-refractivity contribution in [1.29, 1.82) is 0 Å². The molecule has 112 valence electrons. The number of nitrogens with zero attached hydrogens (tertiary/aromatic N) is 1. The van der Waals surface area contributed by atoms with Crippen molar-refractivity contribution in [3.8, 4) is 0 Å². The van der Waals surface area contributed by atoms with Gasteiger partial charge in [0.05, 0.1) is 12.3 Å². The average Bonchev–Trinajstić information content (AvgIpc) is 2.48. The zero-order valence-electron chi connectivity index (χ0n) is 11.9. The first-order valence-corrected chi connectivity index (χ1v) is 7.57. The van der Waals surface area contributed by atoms with Gasteiger partial charge >= 0.3 is 5.97 Å². The monoisotopic (exact) mass is 354 g/mol. The van der Waals surface area contributed by atoms with Gasteiger partial charge in [0.1, 0.15) is 16.9 Å². The van der Waals surface area contributed by atoms with Crippen LogP contribution in [0.3, 0.4) is 0 Å². The molecule has 0 aliphatic carbocycles. The van der Waals surface area contributed by atoms with Gasteiger partial charge in [-0.15, -0.1) is 0 Å². The molecule has 0 radical (unpaired) electrons. The molecule has 1 aromatic heterocycles. The molecule has 2 rings (SSSR count). The predicted molar refractivity (Wildman–Crippen MR) is 84.1 cm³/mol. The largest absolute Gasteiger partial charge is 0.462 e. The second kappa shape index (κ2) is 6.85. The summed E-state index contributed by atoms with van der Waals surface area (Å²) in [5, 5.41) is 3.73. The molecule has 0 saturated heterocycles. The maximum absolute atomic E-state index is 13.9. The Balaban J connectivity index is 2.69. The van der Waals surface area contributed by atoms with Gasteiger partial charge in [-0.3, -0.25) is 4.98 Å². The summed E-state index contributed by atoms with van der Waals surface area (Å²) >= 11 is 3.40. The topological polar surface area (TPSA) is 51.2 Å². The van der Waals surface area contributed by atoms with E-state index in [0.717, 1.165) is 6.42 Å². The first-order valence-electron chi connectivity index (χ1n) is 6.77. The van der Waals surface area contributed by atoms with Crippen molar-refractivity contribution in [1.82, 2.24) is 4.98 Å². The van der Waals surface area contributed by atoms with Crippen LogP contribution < -0.4 is 5.32 Å². The molecule has 0 atom stereocenters. The van der Waals surface area contributed by atoms with Crippen molar-refractivity contribution >= 4 is 38.5 Å². The molecule has 0 aliphatic rings. The van der Waals surface area contributed by atoms with Crippen LogP contribution in [0.5, 0.6) is 0 Å². The number of carbonyl (C=O) groups is 1. The molecule has 2 aromatic rings. The van der Waals surface area contributed by atoms with Gasteiger partial charge in [0, 0.05) is 22.6 Å². The maximum Gasteiger partial charge on any atom is 0.341 e. The maximum atomic E-state index is 13.9. The molecule has 1 heterocycles. The summed E-state index contributed by atoms with van der Waals surface area (Å²) < 4.78 is 19.6. The summed E-state index contributed by atoms with van der Waals surface area (Å²) in [6.45, 7) is 4.68. The second-order valence-corrected chi connectivity index (χ2v) is 5.30. The Labute approximate surface area is 130 Å². The van der Waals surface area contributed by atoms with Gasteiger partial charge in [0.2, 0.25) is 0 Å². The fourth-order valence-electron chi connectivity index (χ4n) is 2.03. The lowest BCUT2D eigenvalue weighted by Crippen LogP contribution is -2.12. The number of rotatable bonds is 5. The second-order valence-electron chi connectivity index (χ2n) is 4.45. The van der Waals surface area contributed by atoms with Crippen molar-refractivity contribution in [2.75, 3.05) is 18.5 Å². The van der Waals surface area contributed by atoms with Gasteiger partial charge in [0.25, 0.3) is 0 Å². The van der Waals surface area contributed by atoms with Crippen molar-refractivity contribution in [2.24, 2.45) is 0 Å². The van der Waals surface area contributed by atoms with Crippen LogP contribution in [0.1, 0.15) is 30.6 Å². The van der Waals surface area contributed by atoms with E-state index in [4.69, 9.17) is 4.74 Å². The number of nitrogens with one attached hydrogen (secondary N) is 1. The summed E-state index contributed by atoms with van der Waals surface area (Å²) in [5.74, 6) is -0.898. The Bertz CT molecular complexity index is 676. The van der Waals surface area contributed by atoms with Crippen LogP contribution in [0.15, 0.2) is 22.8 Å². The van der Waals surface area contributed by atoms with Crippen LogP contribution in [0.2, 0.25) is 0 Å². The number of benzene rings is 1. The number of halogens is 2. The molecule has 0 spiro atoms. The number of pyridine rings is 1. The SMILES string of the molecule is CCCNc1c(C(=O)OCC)cnc2c(F)ccc(Br)c12. The highest BCUT2D eigenvalue weighted by Gasteiger charge is 2.19. The van der Waals surface area contributed by atoms with E-state index in [1.165, 1.54) is 12.3 Å². The van der Waals surface area contributed by atoms with E-state index in [2.05, 4.69) is 26.2 Å². The molecule has 0 bridgehead atoms. The third-order valence-corrected chi connectivity index (χ3v) is 3.63. The lowest BCUT2D eigenvalue weighted by Gasteiger charge is -2.14. The Hall–Kier alpha value is -1.69. The smallest absolute Gasteiger partial charge is 0.341 e. The number of aromatic nitrogens is 1. The molecular weight excluding hydrogens is 339 g/mol. The summed E-state index contributed by atoms with van der Waals surface area (Å²) in [6, 6.07) is 2.94. The van der Waals surface area contributed by atoms with E-state index in [1.54, 1.807) is 13.0 Å². The quantitative estimate of drug-likeness (QED) is 0.820. The van der Waals surface area contributed by atoms with E-state index in [1.807, 2.05) is 6.92 Å². The standard InChI is InChI=1S/C15H16BrFN2O2/c1-3-7-18-13-9(15(20)21-4-2)8-19-14-11(17)6-5-10(16)12(13)14/h5-6,8H,3-4,7H2,1-2H3,(H,18,19). The molecule has 0 amide bonds. The Kier molecular flexibility index (Phi) is 5.12. The first kappa shape index (κ1) is 15.7.